The lowest BCUT2D eigenvalue weighted by Crippen LogP contribution is -2.41. The number of nitriles is 2. The fourth-order valence-corrected chi connectivity index (χ4v) is 10.9. The van der Waals surface area contributed by atoms with Crippen molar-refractivity contribution in [2.75, 3.05) is 110 Å². The minimum Gasteiger partial charge on any atom is -0.399 e. The molecule has 0 spiro atoms. The third-order valence-electron chi connectivity index (χ3n) is 15.9. The molecule has 5 aliphatic heterocycles. The Hall–Kier alpha value is -5.42. The average Bonchev–Trinajstić information content (AvgIpc) is 2.12. The van der Waals surface area contributed by atoms with Crippen LogP contribution < -0.4 is 36.5 Å². The van der Waals surface area contributed by atoms with E-state index in [4.69, 9.17) is 34.3 Å². The van der Waals surface area contributed by atoms with Crippen LogP contribution in [0.15, 0.2) is 60.7 Å². The van der Waals surface area contributed by atoms with Crippen LogP contribution in [0.25, 0.3) is 11.1 Å². The number of nitrogens with zero attached hydrogens (tertiary/aromatic N) is 8. The maximum Gasteiger partial charge on any atom is 0.495 e. The van der Waals surface area contributed by atoms with Crippen LogP contribution in [0.2, 0.25) is 0 Å². The maximum atomic E-state index is 12.9. The average molecular weight is 1330 g/mol. The summed E-state index contributed by atoms with van der Waals surface area (Å²) in [5, 5.41) is 30.3. The summed E-state index contributed by atoms with van der Waals surface area (Å²) in [6.45, 7) is 26.3. The molecule has 2 unspecified atom stereocenters. The standard InChI is InChI=1S/C27H36N6O2.C20H28BF3N2O3.C13H17IN4O.2H2S/c1-4-21-8-10-33(18-21)27(34)30-23-6-5-19(2)24(17-23)22-15-25(29-20(3)7-9-28)31-26(16-22)32-11-13-35-14-12-32;1-13-6-7-15(10-16(13)21-28-18(2,3)19(4,5)29-21)25-17(27)26-9-8-14(12-26)11-20(22,23)24;1-10(2-3-15)16-12-8-11(14)9-13(17-12)18-4-6-19-7-5-18;;/h5-6,15-17,20-21H,4,7-8,10-14,18H2,1-3H3,(H,29,31)(H,30,34);6-7,10,14H,8-9,11-12H2,1-5H3,(H,25,27);8-10H,2,4-7H2,1H3,(H,16,17);2*1H2/t20?,21-;14-;;;/m10.../s1. The summed E-state index contributed by atoms with van der Waals surface area (Å²) in [5.74, 6) is 3.48. The fourth-order valence-electron chi connectivity index (χ4n) is 10.3. The Bertz CT molecular complexity index is 2930. The van der Waals surface area contributed by atoms with Gasteiger partial charge < -0.3 is 59.6 Å². The zero-order chi connectivity index (χ0) is 60.1. The van der Waals surface area contributed by atoms with Crippen molar-refractivity contribution in [1.82, 2.24) is 19.8 Å². The molecule has 85 heavy (non-hydrogen) atoms. The van der Waals surface area contributed by atoms with Crippen LogP contribution in [-0.4, -0.2) is 147 Å². The number of hydrogen-bond donors (Lipinski definition) is 4. The zero-order valence-electron chi connectivity index (χ0n) is 50.4. The molecular weight excluding hydrogens is 1240 g/mol. The SMILES string of the molecule is CC(CC#N)Nc1cc(I)cc(N2CCOCC2)n1.CC[C@@H]1CCN(C(=O)Nc2ccc(C)c(-c3cc(NC(C)CC#N)nc(N4CCOCC4)c3)c2)C1.Cc1ccc(NC(=O)N2CC[C@@H](CC(F)(F)F)C2)cc1B1OC(C)(C)C(C)(C)O1.S.S. The predicted octanol–water partition coefficient (Wildman–Crippen LogP) is 11.4. The summed E-state index contributed by atoms with van der Waals surface area (Å²) < 4.78 is 62.0. The number of carbonyl (C=O) groups is 2. The zero-order valence-corrected chi connectivity index (χ0v) is 54.6. The molecule has 2 aromatic carbocycles. The molecule has 4 atom stereocenters. The van der Waals surface area contributed by atoms with Crippen molar-refractivity contribution >= 4 is 109 Å². The van der Waals surface area contributed by atoms with Gasteiger partial charge in [0.25, 0.3) is 0 Å². The lowest BCUT2D eigenvalue weighted by atomic mass is 9.76. The Kier molecular flexibility index (Phi) is 26.5. The number of hydrogen-bond acceptors (Lipinski definition) is 14. The Morgan fingerprint density at radius 3 is 1.67 bits per heavy atom. The molecule has 4 amide bonds. The Balaban J connectivity index is 0.000000240. The lowest BCUT2D eigenvalue weighted by Gasteiger charge is -2.32. The maximum absolute atomic E-state index is 12.9. The van der Waals surface area contributed by atoms with Gasteiger partial charge in [-0.15, -0.1) is 0 Å². The van der Waals surface area contributed by atoms with Gasteiger partial charge >= 0.3 is 25.4 Å². The van der Waals surface area contributed by atoms with Gasteiger partial charge in [0, 0.05) is 85.8 Å². The van der Waals surface area contributed by atoms with Gasteiger partial charge in [0.1, 0.15) is 23.3 Å². The smallest absolute Gasteiger partial charge is 0.399 e. The first-order valence-corrected chi connectivity index (χ1v) is 29.9. The normalized spacial score (nSPS) is 19.5. The van der Waals surface area contributed by atoms with Crippen molar-refractivity contribution in [3.05, 3.63) is 75.4 Å². The first-order valence-electron chi connectivity index (χ1n) is 28.8. The molecule has 9 rings (SSSR count). The monoisotopic (exact) mass is 1330 g/mol. The van der Waals surface area contributed by atoms with E-state index in [2.05, 4.69) is 96.8 Å². The van der Waals surface area contributed by atoms with E-state index in [0.29, 0.717) is 50.6 Å². The van der Waals surface area contributed by atoms with Crippen LogP contribution in [0.1, 0.15) is 98.1 Å². The second-order valence-electron chi connectivity index (χ2n) is 23.1. The highest BCUT2D eigenvalue weighted by Crippen LogP contribution is 2.38. The third kappa shape index (κ3) is 20.3. The molecule has 4 N–H and O–H groups in total. The number of pyridine rings is 2. The number of nitrogens with one attached hydrogen (secondary N) is 4. The second-order valence-corrected chi connectivity index (χ2v) is 24.4. The first-order chi connectivity index (χ1) is 39.4. The Labute approximate surface area is 528 Å². The van der Waals surface area contributed by atoms with Crippen molar-refractivity contribution in [2.24, 2.45) is 11.8 Å². The first kappa shape index (κ1) is 70.3. The van der Waals surface area contributed by atoms with Crippen LogP contribution in [0.5, 0.6) is 0 Å². The van der Waals surface area contributed by atoms with E-state index < -0.39 is 42.9 Å². The van der Waals surface area contributed by atoms with E-state index in [-0.39, 0.29) is 51.7 Å². The van der Waals surface area contributed by atoms with Gasteiger partial charge in [-0.3, -0.25) is 0 Å². The van der Waals surface area contributed by atoms with Crippen molar-refractivity contribution in [2.45, 2.75) is 130 Å². The fraction of sp³-hybridized carbons (Fsp3) is 0.567. The van der Waals surface area contributed by atoms with Gasteiger partial charge in [0.2, 0.25) is 0 Å². The van der Waals surface area contributed by atoms with E-state index in [1.54, 1.807) is 12.1 Å². The summed E-state index contributed by atoms with van der Waals surface area (Å²) in [6.07, 6.45) is -1.65. The molecule has 5 fully saturated rings. The number of halogens is 4. The largest absolute Gasteiger partial charge is 0.495 e. The van der Waals surface area contributed by atoms with Gasteiger partial charge in [0.05, 0.1) is 62.6 Å². The van der Waals surface area contributed by atoms with Crippen LogP contribution >= 0.6 is 49.6 Å². The Morgan fingerprint density at radius 2 is 1.18 bits per heavy atom. The molecule has 25 heteroatoms. The number of aromatic nitrogens is 2. The summed E-state index contributed by atoms with van der Waals surface area (Å²) in [5.41, 5.74) is 5.35. The topological polar surface area (TPSA) is 206 Å². The van der Waals surface area contributed by atoms with Gasteiger partial charge in [-0.25, -0.2) is 19.6 Å². The van der Waals surface area contributed by atoms with E-state index >= 15 is 0 Å². The quantitative estimate of drug-likeness (QED) is 0.0685. The molecule has 2 aromatic heterocycles. The molecule has 464 valence electrons. The molecule has 5 saturated heterocycles. The summed E-state index contributed by atoms with van der Waals surface area (Å²) in [7, 11) is -0.556. The van der Waals surface area contributed by atoms with Crippen LogP contribution in [0, 0.1) is 51.9 Å². The highest BCUT2D eigenvalue weighted by atomic mass is 127. The molecule has 18 nitrogen and oxygen atoms in total. The molecule has 7 heterocycles. The molecular formula is C60H85BF3IN12O6S2. The van der Waals surface area contributed by atoms with Gasteiger partial charge in [-0.1, -0.05) is 31.0 Å². The Morgan fingerprint density at radius 1 is 0.706 bits per heavy atom. The molecule has 4 aromatic rings. The van der Waals surface area contributed by atoms with Gasteiger partial charge in [0.15, 0.2) is 0 Å². The van der Waals surface area contributed by atoms with Crippen LogP contribution in [0.3, 0.4) is 0 Å². The number of aryl methyl sites for hydroxylation is 2. The van der Waals surface area contributed by atoms with Crippen molar-refractivity contribution in [3.8, 4) is 23.3 Å². The third-order valence-corrected chi connectivity index (χ3v) is 16.5. The summed E-state index contributed by atoms with van der Waals surface area (Å²) in [4.78, 5) is 42.7. The van der Waals surface area contributed by atoms with Crippen molar-refractivity contribution in [3.63, 3.8) is 0 Å². The number of rotatable bonds is 14. The molecule has 0 radical (unpaired) electrons. The van der Waals surface area contributed by atoms with Gasteiger partial charge in [-0.05, 0) is 173 Å². The number of amides is 4. The van der Waals surface area contributed by atoms with Crippen molar-refractivity contribution in [1.29, 1.82) is 10.5 Å². The predicted molar refractivity (Wildman–Crippen MR) is 350 cm³/mol. The van der Waals surface area contributed by atoms with E-state index in [0.717, 1.165) is 126 Å². The number of ether oxygens (including phenoxy) is 2. The molecule has 0 bridgehead atoms. The number of benzene rings is 2. The van der Waals surface area contributed by atoms with E-state index in [9.17, 15) is 22.8 Å². The number of anilines is 6. The number of alkyl halides is 3. The minimum absolute atomic E-state index is 0. The summed E-state index contributed by atoms with van der Waals surface area (Å²) >= 11 is 2.29. The number of likely N-dealkylation sites (tertiary alicyclic amines) is 2. The second kappa shape index (κ2) is 32.0. The van der Waals surface area contributed by atoms with E-state index in [1.807, 2.05) is 89.8 Å². The number of carbonyl (C=O) groups excluding carboxylic acids is 2. The lowest BCUT2D eigenvalue weighted by molar-refractivity contribution is -0.143. The van der Waals surface area contributed by atoms with E-state index in [1.165, 1.54) is 4.90 Å². The summed E-state index contributed by atoms with van der Waals surface area (Å²) in [6, 6.07) is 23.7. The van der Waals surface area contributed by atoms with Crippen LogP contribution in [0.4, 0.5) is 57.4 Å². The van der Waals surface area contributed by atoms with Crippen molar-refractivity contribution < 1.29 is 41.5 Å². The van der Waals surface area contributed by atoms with Gasteiger partial charge in [-0.2, -0.15) is 50.7 Å². The molecule has 0 aliphatic carbocycles. The minimum atomic E-state index is -4.20. The number of morpholine rings is 2. The number of urea groups is 2. The highest BCUT2D eigenvalue weighted by Gasteiger charge is 2.52. The molecule has 5 aliphatic rings. The van der Waals surface area contributed by atoms with Crippen LogP contribution in [-0.2, 0) is 18.8 Å². The molecule has 0 saturated carbocycles. The highest BCUT2D eigenvalue weighted by molar-refractivity contribution is 14.1.